The van der Waals surface area contributed by atoms with Crippen molar-refractivity contribution in [3.05, 3.63) is 104 Å². The van der Waals surface area contributed by atoms with Crippen LogP contribution in [0.3, 0.4) is 0 Å². The molecule has 1 aromatic heterocycles. The van der Waals surface area contributed by atoms with Crippen molar-refractivity contribution in [3.8, 4) is 16.9 Å². The Morgan fingerprint density at radius 2 is 1.76 bits per heavy atom. The number of nitrogens with one attached hydrogen (secondary N) is 1. The third kappa shape index (κ3) is 7.74. The first-order chi connectivity index (χ1) is 17.6. The van der Waals surface area contributed by atoms with Gasteiger partial charge in [0.2, 0.25) is 0 Å². The topological polar surface area (TPSA) is 108 Å². The molecule has 38 heavy (non-hydrogen) atoms. The minimum absolute atomic E-state index is 0. The van der Waals surface area contributed by atoms with Gasteiger partial charge in [-0.25, -0.2) is 4.79 Å². The number of benzene rings is 3. The molecule has 0 fully saturated rings. The van der Waals surface area contributed by atoms with Crippen LogP contribution < -0.4 is 56.0 Å². The van der Waals surface area contributed by atoms with Crippen LogP contribution in [0.5, 0.6) is 5.75 Å². The zero-order chi connectivity index (χ0) is 26.6. The summed E-state index contributed by atoms with van der Waals surface area (Å²) in [6.45, 7) is 9.02. The zero-order valence-electron chi connectivity index (χ0n) is 22.6. The molecule has 194 valence electrons. The van der Waals surface area contributed by atoms with Crippen LogP contribution in [0.15, 0.2) is 74.8 Å². The van der Waals surface area contributed by atoms with Gasteiger partial charge in [0.25, 0.3) is 0 Å². The molecule has 0 aliphatic rings. The Hall–Kier alpha value is -3.04. The van der Waals surface area contributed by atoms with E-state index in [4.69, 9.17) is 9.26 Å². The molecule has 1 heterocycles. The second kappa shape index (κ2) is 12.7. The summed E-state index contributed by atoms with van der Waals surface area (Å²) in [6, 6.07) is 20.0. The first kappa shape index (κ1) is 29.5. The molecule has 0 amide bonds. The van der Waals surface area contributed by atoms with Crippen molar-refractivity contribution in [1.82, 2.24) is 9.72 Å². The normalized spacial score (nSPS) is 11.2. The van der Waals surface area contributed by atoms with E-state index in [9.17, 15) is 14.7 Å². The number of aromatic nitrogens is 2. The average molecular weight is 526 g/mol. The second-order valence-corrected chi connectivity index (χ2v) is 9.82. The van der Waals surface area contributed by atoms with Crippen LogP contribution in [-0.2, 0) is 13.1 Å². The molecule has 9 heteroatoms. The van der Waals surface area contributed by atoms with Crippen molar-refractivity contribution < 1.29 is 43.9 Å². The Labute approximate surface area is 243 Å². The van der Waals surface area contributed by atoms with Crippen molar-refractivity contribution in [1.29, 1.82) is 0 Å². The monoisotopic (exact) mass is 525 g/mol. The van der Waals surface area contributed by atoms with Gasteiger partial charge in [0.05, 0.1) is 12.2 Å². The summed E-state index contributed by atoms with van der Waals surface area (Å²) in [5.41, 5.74) is 6.16. The van der Waals surface area contributed by atoms with E-state index >= 15 is 0 Å². The molecule has 3 aromatic carbocycles. The van der Waals surface area contributed by atoms with E-state index in [0.29, 0.717) is 19.6 Å². The molecule has 0 atom stereocenters. The predicted octanol–water partition coefficient (Wildman–Crippen LogP) is 1.25. The number of ether oxygens (including phenoxy) is 1. The van der Waals surface area contributed by atoms with E-state index < -0.39 is 17.0 Å². The minimum Gasteiger partial charge on any atom is -0.493 e. The molecule has 0 aliphatic heterocycles. The van der Waals surface area contributed by atoms with Crippen LogP contribution in [0.1, 0.15) is 42.5 Å². The number of anilines is 1. The molecule has 0 saturated carbocycles. The number of aliphatic hydroxyl groups is 1. The zero-order valence-corrected chi connectivity index (χ0v) is 24.6. The fourth-order valence-electron chi connectivity index (χ4n) is 4.09. The Bertz CT molecular complexity index is 1480. The van der Waals surface area contributed by atoms with Crippen LogP contribution in [0.2, 0.25) is 0 Å². The standard InChI is InChI=1S/C29H33N3O5.Na/c1-19-16-24(36-15-14-29(3,4)35)12-13-25(19)26-7-5-6-22(20(26)2)17-30-23-10-8-21(9-11-23)18-32-27(33)31-28(34)37-32;/h5-13,16,30,35H,14-15,17-18H2,1-4H3,(H,31,33,34);/q;+1/p-1. The first-order valence-electron chi connectivity index (χ1n) is 12.2. The molecular formula is C29H32N3NaO5. The number of hydrogen-bond donors (Lipinski definition) is 2. The van der Waals surface area contributed by atoms with Crippen molar-refractivity contribution in [3.63, 3.8) is 0 Å². The summed E-state index contributed by atoms with van der Waals surface area (Å²) in [6.07, 6.45) is 0.564. The molecule has 8 nitrogen and oxygen atoms in total. The van der Waals surface area contributed by atoms with Gasteiger partial charge in [-0.1, -0.05) is 36.4 Å². The number of nitrogens with zero attached hydrogens (tertiary/aromatic N) is 2. The molecule has 0 bridgehead atoms. The van der Waals surface area contributed by atoms with E-state index in [1.165, 1.54) is 16.7 Å². The van der Waals surface area contributed by atoms with Gasteiger partial charge < -0.3 is 24.7 Å². The molecule has 4 aromatic rings. The Kier molecular flexibility index (Phi) is 9.84. The SMILES string of the molecule is Cc1cc(OCCC(C)(C)O)ccc1-c1cccc(CNc2ccc(Cn3oc(=O)[n-]c3=O)cc2)c1C.[Na+]. The molecule has 4 rings (SSSR count). The van der Waals surface area contributed by atoms with Crippen LogP contribution in [0.4, 0.5) is 5.69 Å². The van der Waals surface area contributed by atoms with Gasteiger partial charge in [0.1, 0.15) is 5.75 Å². The fraction of sp³-hybridized carbons (Fsp3) is 0.310. The molecular weight excluding hydrogens is 493 g/mol. The van der Waals surface area contributed by atoms with Crippen LogP contribution in [0, 0.1) is 13.8 Å². The van der Waals surface area contributed by atoms with Gasteiger partial charge in [0.15, 0.2) is 5.69 Å². The third-order valence-electron chi connectivity index (χ3n) is 6.27. The molecule has 0 aliphatic carbocycles. The number of rotatable bonds is 10. The van der Waals surface area contributed by atoms with Crippen molar-refractivity contribution in [2.24, 2.45) is 0 Å². The van der Waals surface area contributed by atoms with Gasteiger partial charge in [-0.2, -0.15) is 0 Å². The van der Waals surface area contributed by atoms with Crippen molar-refractivity contribution >= 4 is 5.69 Å². The molecule has 0 radical (unpaired) electrons. The summed E-state index contributed by atoms with van der Waals surface area (Å²) in [5.74, 6) is -0.0893. The number of aryl methyl sites for hydroxylation is 1. The summed E-state index contributed by atoms with van der Waals surface area (Å²) >= 11 is 0. The van der Waals surface area contributed by atoms with Gasteiger partial charge in [-0.3, -0.25) is 9.53 Å². The van der Waals surface area contributed by atoms with Crippen LogP contribution in [0.25, 0.3) is 11.1 Å². The van der Waals surface area contributed by atoms with Gasteiger partial charge in [0, 0.05) is 25.2 Å². The van der Waals surface area contributed by atoms with Crippen molar-refractivity contribution in [2.45, 2.75) is 52.8 Å². The van der Waals surface area contributed by atoms with E-state index in [0.717, 1.165) is 32.9 Å². The van der Waals surface area contributed by atoms with Gasteiger partial charge in [-0.05, 0) is 85.3 Å². The quantitative estimate of drug-likeness (QED) is 0.300. The van der Waals surface area contributed by atoms with Crippen molar-refractivity contribution in [2.75, 3.05) is 11.9 Å². The minimum atomic E-state index is -0.887. The smallest absolute Gasteiger partial charge is 0.493 e. The molecule has 2 N–H and O–H groups in total. The summed E-state index contributed by atoms with van der Waals surface area (Å²) in [4.78, 5) is 25.9. The summed E-state index contributed by atoms with van der Waals surface area (Å²) < 4.78 is 11.5. The number of hydrogen-bond acceptors (Lipinski definition) is 6. The van der Waals surface area contributed by atoms with Gasteiger partial charge in [-0.15, -0.1) is 0 Å². The maximum absolute atomic E-state index is 11.6. The van der Waals surface area contributed by atoms with E-state index in [1.54, 1.807) is 13.8 Å². The predicted molar refractivity (Wildman–Crippen MR) is 143 cm³/mol. The van der Waals surface area contributed by atoms with Gasteiger partial charge >= 0.3 is 35.3 Å². The largest absolute Gasteiger partial charge is 1.00 e. The first-order valence-corrected chi connectivity index (χ1v) is 12.2. The van der Waals surface area contributed by atoms with Crippen LogP contribution in [-0.4, -0.2) is 22.1 Å². The maximum Gasteiger partial charge on any atom is 1.00 e. The Morgan fingerprint density at radius 1 is 1.03 bits per heavy atom. The summed E-state index contributed by atoms with van der Waals surface area (Å²) in [7, 11) is 0. The third-order valence-corrected chi connectivity index (χ3v) is 6.27. The maximum atomic E-state index is 11.6. The molecule has 0 unspecified atom stereocenters. The average Bonchev–Trinajstić information content (AvgIpc) is 3.15. The molecule has 0 saturated heterocycles. The van der Waals surface area contributed by atoms with E-state index in [2.05, 4.69) is 48.4 Å². The summed E-state index contributed by atoms with van der Waals surface area (Å²) in [5, 5.41) is 13.3. The van der Waals surface area contributed by atoms with Crippen LogP contribution >= 0.6 is 0 Å². The van der Waals surface area contributed by atoms with E-state index in [-0.39, 0.29) is 36.1 Å². The molecule has 0 spiro atoms. The van der Waals surface area contributed by atoms with E-state index in [1.807, 2.05) is 36.4 Å². The second-order valence-electron chi connectivity index (χ2n) is 9.82. The Balaban J connectivity index is 0.00000400. The fourth-order valence-corrected chi connectivity index (χ4v) is 4.09. The Morgan fingerprint density at radius 3 is 2.39 bits per heavy atom.